The fourth-order valence-electron chi connectivity index (χ4n) is 8.41. The molecule has 4 aliphatic rings. The summed E-state index contributed by atoms with van der Waals surface area (Å²) >= 11 is 12.0. The lowest BCUT2D eigenvalue weighted by atomic mass is 10.0. The van der Waals surface area contributed by atoms with E-state index in [9.17, 15) is 37.6 Å². The lowest BCUT2D eigenvalue weighted by Crippen LogP contribution is -2.56. The first-order valence-corrected chi connectivity index (χ1v) is 20.4. The lowest BCUT2D eigenvalue weighted by molar-refractivity contribution is -0.138. The first kappa shape index (κ1) is 42.8. The predicted molar refractivity (Wildman–Crippen MR) is 222 cm³/mol. The monoisotopic (exact) mass is 865 g/mol. The van der Waals surface area contributed by atoms with Crippen molar-refractivity contribution in [2.75, 3.05) is 53.2 Å². The molecular formula is C41H43ClF3N9O5S. The molecule has 3 aromatic rings. The molecule has 4 amide bonds. The van der Waals surface area contributed by atoms with Gasteiger partial charge in [0.05, 0.1) is 24.0 Å². The highest BCUT2D eigenvalue weighted by atomic mass is 35.5. The number of piperidine rings is 1. The largest absolute Gasteiger partial charge is 0.492 e. The quantitative estimate of drug-likeness (QED) is 0.155. The van der Waals surface area contributed by atoms with Gasteiger partial charge in [0, 0.05) is 60.2 Å². The Hall–Kier alpha value is -5.35. The van der Waals surface area contributed by atoms with Crippen LogP contribution in [-0.4, -0.2) is 100.0 Å². The van der Waals surface area contributed by atoms with E-state index in [1.807, 2.05) is 13.0 Å². The number of fused-ring (bicyclic) bond motifs is 2. The molecule has 0 radical (unpaired) electrons. The molecule has 0 spiro atoms. The number of nitrogens with one attached hydrogen (secondary N) is 3. The van der Waals surface area contributed by atoms with Gasteiger partial charge in [-0.05, 0) is 99.8 Å². The minimum Gasteiger partial charge on any atom is -0.492 e. The summed E-state index contributed by atoms with van der Waals surface area (Å²) in [6, 6.07) is 12.4. The number of halogens is 4. The number of aryl methyl sites for hydroxylation is 1. The number of nitrogens with zero attached hydrogens (tertiary/aromatic N) is 6. The normalized spacial score (nSPS) is 21.9. The van der Waals surface area contributed by atoms with Gasteiger partial charge in [-0.3, -0.25) is 39.2 Å². The number of imide groups is 1. The van der Waals surface area contributed by atoms with Crippen molar-refractivity contribution in [1.82, 2.24) is 20.1 Å². The summed E-state index contributed by atoms with van der Waals surface area (Å²) in [4.78, 5) is 61.6. The molecule has 3 unspecified atom stereocenters. The Kier molecular flexibility index (Phi) is 12.1. The summed E-state index contributed by atoms with van der Waals surface area (Å²) in [5, 5.41) is 17.9. The van der Waals surface area contributed by atoms with E-state index in [1.54, 1.807) is 49.1 Å². The highest BCUT2D eigenvalue weighted by Crippen LogP contribution is 2.40. The number of benzene rings is 2. The van der Waals surface area contributed by atoms with Gasteiger partial charge in [-0.25, -0.2) is 4.98 Å². The number of anilines is 4. The molecule has 2 bridgehead atoms. The number of hydrogen-bond acceptors (Lipinski definition) is 11. The third-order valence-corrected chi connectivity index (χ3v) is 11.9. The topological polar surface area (TPSA) is 163 Å². The van der Waals surface area contributed by atoms with Crippen LogP contribution >= 0.6 is 23.8 Å². The number of amides is 4. The fourth-order valence-corrected chi connectivity index (χ4v) is 9.16. The Labute approximate surface area is 355 Å². The van der Waals surface area contributed by atoms with Crippen molar-refractivity contribution in [2.45, 2.75) is 82.7 Å². The standard InChI is InChI=1S/C41H43ClF3N9O5S/c1-4-23-13-27(54-39(60)53(38(58)40(54,2)3)30-17-31(41(43,44)45)33(18-46)47-19-30)7-9-34(23)59-12-11-51-20-28-5-6-29(21-51)52(28)22-36(56)49-26-15-24(42)14-25(16-26)48-32-8-10-35(55)50-37(32)57/h7,9,13-17,19,28-29,32,48H,4-6,8,10-12,20-22H2,1-3H3,(H,49,56)(H,50,55,57). The fraction of sp³-hybridized carbons (Fsp3) is 0.439. The van der Waals surface area contributed by atoms with Gasteiger partial charge in [0.15, 0.2) is 10.8 Å². The van der Waals surface area contributed by atoms with E-state index < -0.39 is 40.8 Å². The zero-order chi connectivity index (χ0) is 43.1. The van der Waals surface area contributed by atoms with E-state index in [0.717, 1.165) is 48.7 Å². The first-order chi connectivity index (χ1) is 28.5. The molecule has 1 aromatic heterocycles. The molecule has 19 heteroatoms. The van der Waals surface area contributed by atoms with E-state index in [1.165, 1.54) is 6.07 Å². The van der Waals surface area contributed by atoms with Crippen molar-refractivity contribution in [3.05, 3.63) is 70.5 Å². The summed E-state index contributed by atoms with van der Waals surface area (Å²) in [5.41, 5.74) is -1.02. The number of piperazine rings is 1. The van der Waals surface area contributed by atoms with Crippen LogP contribution in [-0.2, 0) is 31.8 Å². The number of carbonyl (C=O) groups is 4. The molecule has 2 aromatic carbocycles. The Morgan fingerprint density at radius 2 is 1.78 bits per heavy atom. The maximum Gasteiger partial charge on any atom is 0.419 e. The van der Waals surface area contributed by atoms with Crippen molar-refractivity contribution in [2.24, 2.45) is 0 Å². The Balaban J connectivity index is 0.937. The van der Waals surface area contributed by atoms with Crippen LogP contribution in [0, 0.1) is 11.3 Å². The molecule has 0 aliphatic carbocycles. The van der Waals surface area contributed by atoms with Crippen LogP contribution in [0.3, 0.4) is 0 Å². The van der Waals surface area contributed by atoms with E-state index in [4.69, 9.17) is 28.6 Å². The zero-order valence-corrected chi connectivity index (χ0v) is 34.6. The minimum atomic E-state index is -4.86. The Morgan fingerprint density at radius 3 is 2.45 bits per heavy atom. The van der Waals surface area contributed by atoms with Gasteiger partial charge < -0.3 is 20.3 Å². The number of thiocarbonyl (C=S) groups is 1. The average Bonchev–Trinajstić information content (AvgIpc) is 3.51. The second-order valence-corrected chi connectivity index (χ2v) is 16.6. The van der Waals surface area contributed by atoms with Crippen LogP contribution < -0.4 is 30.5 Å². The molecule has 4 fully saturated rings. The summed E-state index contributed by atoms with van der Waals surface area (Å²) in [6.45, 7) is 8.07. The van der Waals surface area contributed by atoms with Crippen molar-refractivity contribution in [1.29, 1.82) is 5.26 Å². The highest BCUT2D eigenvalue weighted by molar-refractivity contribution is 7.81. The number of rotatable bonds is 12. The van der Waals surface area contributed by atoms with E-state index in [0.29, 0.717) is 53.8 Å². The maximum atomic E-state index is 13.8. The molecule has 4 saturated heterocycles. The Morgan fingerprint density at radius 1 is 1.07 bits per heavy atom. The minimum absolute atomic E-state index is 0.0236. The smallest absolute Gasteiger partial charge is 0.419 e. The van der Waals surface area contributed by atoms with E-state index in [-0.39, 0.29) is 47.7 Å². The second kappa shape index (κ2) is 17.0. The zero-order valence-electron chi connectivity index (χ0n) is 33.1. The first-order valence-electron chi connectivity index (χ1n) is 19.6. The van der Waals surface area contributed by atoms with Gasteiger partial charge in [0.1, 0.15) is 30.0 Å². The molecular weight excluding hydrogens is 823 g/mol. The third-order valence-electron chi connectivity index (χ3n) is 11.4. The van der Waals surface area contributed by atoms with Crippen LogP contribution in [0.2, 0.25) is 5.02 Å². The number of alkyl halides is 3. The summed E-state index contributed by atoms with van der Waals surface area (Å²) in [5.74, 6) is -0.771. The molecule has 14 nitrogen and oxygen atoms in total. The molecule has 60 heavy (non-hydrogen) atoms. The molecule has 316 valence electrons. The Bertz CT molecular complexity index is 2270. The average molecular weight is 866 g/mol. The van der Waals surface area contributed by atoms with Crippen molar-refractivity contribution in [3.63, 3.8) is 0 Å². The van der Waals surface area contributed by atoms with Crippen LogP contribution in [0.25, 0.3) is 0 Å². The van der Waals surface area contributed by atoms with Crippen LogP contribution in [0.4, 0.5) is 35.9 Å². The summed E-state index contributed by atoms with van der Waals surface area (Å²) in [7, 11) is 0. The molecule has 0 saturated carbocycles. The van der Waals surface area contributed by atoms with Gasteiger partial charge in [-0.15, -0.1) is 0 Å². The SMILES string of the molecule is CCc1cc(N2C(=S)N(c3cnc(C#N)c(C(F)(F)F)c3)C(=O)C2(C)C)ccc1OCCN1CC2CCC(C1)N2CC(=O)Nc1cc(Cl)cc(NC2CCC(=O)NC2=O)c1. The number of aromatic nitrogens is 1. The highest BCUT2D eigenvalue weighted by Gasteiger charge is 2.51. The van der Waals surface area contributed by atoms with Gasteiger partial charge in [0.25, 0.3) is 5.91 Å². The number of pyridine rings is 1. The predicted octanol–water partition coefficient (Wildman–Crippen LogP) is 5.49. The summed E-state index contributed by atoms with van der Waals surface area (Å²) in [6.07, 6.45) is -0.709. The number of ether oxygens (including phenoxy) is 1. The number of nitriles is 1. The van der Waals surface area contributed by atoms with Gasteiger partial charge in [-0.2, -0.15) is 18.4 Å². The molecule has 7 rings (SSSR count). The third kappa shape index (κ3) is 8.76. The molecule has 3 N–H and O–H groups in total. The number of carbonyl (C=O) groups excluding carboxylic acids is 4. The van der Waals surface area contributed by atoms with Crippen molar-refractivity contribution >= 4 is 75.3 Å². The van der Waals surface area contributed by atoms with Gasteiger partial charge >= 0.3 is 6.18 Å². The van der Waals surface area contributed by atoms with Crippen LogP contribution in [0.1, 0.15) is 63.3 Å². The van der Waals surface area contributed by atoms with Crippen molar-refractivity contribution < 1.29 is 37.1 Å². The summed E-state index contributed by atoms with van der Waals surface area (Å²) < 4.78 is 47.6. The van der Waals surface area contributed by atoms with Crippen molar-refractivity contribution in [3.8, 4) is 11.8 Å². The lowest BCUT2D eigenvalue weighted by Gasteiger charge is -2.40. The number of hydrogen-bond donors (Lipinski definition) is 3. The van der Waals surface area contributed by atoms with E-state index in [2.05, 4.69) is 30.7 Å². The molecule has 5 heterocycles. The number of likely N-dealkylation sites (tertiary alicyclic amines) is 1. The second-order valence-electron chi connectivity index (χ2n) is 15.8. The van der Waals surface area contributed by atoms with E-state index >= 15 is 0 Å². The van der Waals surface area contributed by atoms with Crippen LogP contribution in [0.5, 0.6) is 5.75 Å². The van der Waals surface area contributed by atoms with Crippen LogP contribution in [0.15, 0.2) is 48.7 Å². The van der Waals surface area contributed by atoms with Gasteiger partial charge in [0.2, 0.25) is 17.7 Å². The molecule has 4 aliphatic heterocycles. The maximum absolute atomic E-state index is 13.8. The van der Waals surface area contributed by atoms with Gasteiger partial charge in [-0.1, -0.05) is 18.5 Å². The molecule has 3 atom stereocenters.